The molecule has 0 radical (unpaired) electrons. The van der Waals surface area contributed by atoms with Crippen LogP contribution in [0.3, 0.4) is 0 Å². The Kier molecular flexibility index (Phi) is 5.44. The maximum absolute atomic E-state index is 12.2. The summed E-state index contributed by atoms with van der Waals surface area (Å²) in [7, 11) is -0.433. The van der Waals surface area contributed by atoms with Crippen LogP contribution in [-0.4, -0.2) is 38.8 Å². The molecular weight excluding hydrogens is 314 g/mol. The number of carbonyl (C=O) groups is 1. The normalized spacial score (nSPS) is 23.0. The summed E-state index contributed by atoms with van der Waals surface area (Å²) in [5, 5.41) is 2.99. The summed E-state index contributed by atoms with van der Waals surface area (Å²) in [5.41, 5.74) is 6.72. The monoisotopic (exact) mass is 339 g/mol. The quantitative estimate of drug-likeness (QED) is 0.844. The number of nitrogens with zero attached hydrogens (tertiary/aromatic N) is 1. The smallest absolute Gasteiger partial charge is 0.242 e. The largest absolute Gasteiger partial charge is 0.349 e. The zero-order valence-electron chi connectivity index (χ0n) is 13.8. The summed E-state index contributed by atoms with van der Waals surface area (Å²) >= 11 is 0. The van der Waals surface area contributed by atoms with Crippen molar-refractivity contribution in [3.8, 4) is 0 Å². The summed E-state index contributed by atoms with van der Waals surface area (Å²) in [4.78, 5) is 12.5. The van der Waals surface area contributed by atoms with E-state index in [1.54, 1.807) is 24.3 Å². The number of hydrogen-bond donors (Lipinski definition) is 2. The van der Waals surface area contributed by atoms with E-state index in [0.717, 1.165) is 24.8 Å². The van der Waals surface area contributed by atoms with Gasteiger partial charge in [0.15, 0.2) is 0 Å². The van der Waals surface area contributed by atoms with Crippen molar-refractivity contribution in [1.29, 1.82) is 0 Å². The van der Waals surface area contributed by atoms with Crippen LogP contribution < -0.4 is 11.1 Å². The molecule has 2 rings (SSSR count). The number of amides is 1. The fourth-order valence-electron chi connectivity index (χ4n) is 2.81. The van der Waals surface area contributed by atoms with Crippen molar-refractivity contribution in [3.63, 3.8) is 0 Å². The summed E-state index contributed by atoms with van der Waals surface area (Å²) in [6, 6.07) is 6.56. The molecule has 1 aromatic rings. The van der Waals surface area contributed by atoms with Crippen molar-refractivity contribution in [2.45, 2.75) is 43.2 Å². The summed E-state index contributed by atoms with van der Waals surface area (Å²) in [6.07, 6.45) is 2.46. The van der Waals surface area contributed by atoms with Gasteiger partial charge in [-0.3, -0.25) is 4.79 Å². The highest BCUT2D eigenvalue weighted by molar-refractivity contribution is 7.89. The lowest BCUT2D eigenvalue weighted by Crippen LogP contribution is -2.32. The second kappa shape index (κ2) is 6.98. The van der Waals surface area contributed by atoms with Gasteiger partial charge in [0.1, 0.15) is 0 Å². The number of benzene rings is 1. The molecule has 0 spiro atoms. The Bertz CT molecular complexity index is 656. The molecule has 1 fully saturated rings. The second-order valence-electron chi connectivity index (χ2n) is 6.36. The number of nitrogens with one attached hydrogen (secondary N) is 1. The molecule has 1 aromatic carbocycles. The van der Waals surface area contributed by atoms with Crippen molar-refractivity contribution in [2.24, 2.45) is 11.7 Å². The van der Waals surface area contributed by atoms with E-state index in [9.17, 15) is 13.2 Å². The van der Waals surface area contributed by atoms with Gasteiger partial charge in [0, 0.05) is 26.1 Å². The predicted molar refractivity (Wildman–Crippen MR) is 89.2 cm³/mol. The molecule has 0 heterocycles. The van der Waals surface area contributed by atoms with E-state index in [0.29, 0.717) is 0 Å². The molecule has 0 bridgehead atoms. The molecule has 1 aliphatic rings. The first kappa shape index (κ1) is 17.9. The van der Waals surface area contributed by atoms with Crippen molar-refractivity contribution < 1.29 is 13.2 Å². The van der Waals surface area contributed by atoms with Crippen LogP contribution in [0.15, 0.2) is 29.2 Å². The molecule has 6 nitrogen and oxygen atoms in total. The number of sulfonamides is 1. The summed E-state index contributed by atoms with van der Waals surface area (Å²) in [5.74, 6) is 0.0104. The minimum atomic E-state index is -3.43. The molecule has 3 atom stereocenters. The van der Waals surface area contributed by atoms with E-state index in [1.807, 2.05) is 6.92 Å². The fraction of sp³-hybridized carbons (Fsp3) is 0.562. The SMILES string of the molecule is CC(NC(=O)C1CCC(N)C1)c1ccc(S(=O)(=O)N(C)C)cc1. The topological polar surface area (TPSA) is 92.5 Å². The molecule has 1 aliphatic carbocycles. The minimum absolute atomic E-state index is 0.0131. The Morgan fingerprint density at radius 2 is 1.87 bits per heavy atom. The van der Waals surface area contributed by atoms with Gasteiger partial charge < -0.3 is 11.1 Å². The van der Waals surface area contributed by atoms with Gasteiger partial charge in [-0.1, -0.05) is 12.1 Å². The summed E-state index contributed by atoms with van der Waals surface area (Å²) < 4.78 is 25.3. The zero-order chi connectivity index (χ0) is 17.2. The van der Waals surface area contributed by atoms with Crippen LogP contribution in [0, 0.1) is 5.92 Å². The molecule has 23 heavy (non-hydrogen) atoms. The average molecular weight is 339 g/mol. The first-order chi connectivity index (χ1) is 10.7. The van der Waals surface area contributed by atoms with Crippen LogP contribution in [-0.2, 0) is 14.8 Å². The molecule has 1 amide bonds. The molecule has 0 aromatic heterocycles. The third-order valence-electron chi connectivity index (χ3n) is 4.36. The Labute approximate surface area is 138 Å². The van der Waals surface area contributed by atoms with Gasteiger partial charge in [0.05, 0.1) is 10.9 Å². The standard InChI is InChI=1S/C16H25N3O3S/c1-11(18-16(20)13-4-7-14(17)10-13)12-5-8-15(9-6-12)23(21,22)19(2)3/h5-6,8-9,11,13-14H,4,7,10,17H2,1-3H3,(H,18,20). The second-order valence-corrected chi connectivity index (χ2v) is 8.51. The predicted octanol–water partition coefficient (Wildman–Crippen LogP) is 1.24. The third-order valence-corrected chi connectivity index (χ3v) is 6.19. The van der Waals surface area contributed by atoms with Crippen molar-refractivity contribution in [3.05, 3.63) is 29.8 Å². The van der Waals surface area contributed by atoms with Crippen LogP contribution in [0.1, 0.15) is 37.8 Å². The molecule has 1 saturated carbocycles. The molecule has 128 valence electrons. The summed E-state index contributed by atoms with van der Waals surface area (Å²) in [6.45, 7) is 1.89. The van der Waals surface area contributed by atoms with E-state index in [-0.39, 0.29) is 28.8 Å². The van der Waals surface area contributed by atoms with E-state index < -0.39 is 10.0 Å². The molecule has 7 heteroatoms. The van der Waals surface area contributed by atoms with Crippen LogP contribution in [0.4, 0.5) is 0 Å². The van der Waals surface area contributed by atoms with E-state index in [1.165, 1.54) is 18.4 Å². The Hall–Kier alpha value is -1.44. The Balaban J connectivity index is 2.03. The minimum Gasteiger partial charge on any atom is -0.349 e. The van der Waals surface area contributed by atoms with Crippen LogP contribution in [0.5, 0.6) is 0 Å². The highest BCUT2D eigenvalue weighted by Gasteiger charge is 2.28. The van der Waals surface area contributed by atoms with Gasteiger partial charge in [-0.05, 0) is 43.9 Å². The van der Waals surface area contributed by atoms with Crippen molar-refractivity contribution >= 4 is 15.9 Å². The van der Waals surface area contributed by atoms with Gasteiger partial charge in [-0.15, -0.1) is 0 Å². The van der Waals surface area contributed by atoms with Crippen molar-refractivity contribution in [2.75, 3.05) is 14.1 Å². The van der Waals surface area contributed by atoms with Crippen LogP contribution in [0.2, 0.25) is 0 Å². The first-order valence-electron chi connectivity index (χ1n) is 7.80. The van der Waals surface area contributed by atoms with Crippen LogP contribution >= 0.6 is 0 Å². The van der Waals surface area contributed by atoms with Gasteiger partial charge in [0.2, 0.25) is 15.9 Å². The van der Waals surface area contributed by atoms with Crippen molar-refractivity contribution in [1.82, 2.24) is 9.62 Å². The van der Waals surface area contributed by atoms with E-state index in [2.05, 4.69) is 5.32 Å². The molecule has 0 saturated heterocycles. The number of carbonyl (C=O) groups excluding carboxylic acids is 1. The van der Waals surface area contributed by atoms with Gasteiger partial charge in [-0.25, -0.2) is 12.7 Å². The van der Waals surface area contributed by atoms with Crippen LogP contribution in [0.25, 0.3) is 0 Å². The molecule has 3 unspecified atom stereocenters. The fourth-order valence-corrected chi connectivity index (χ4v) is 3.71. The lowest BCUT2D eigenvalue weighted by Gasteiger charge is -2.18. The molecule has 0 aliphatic heterocycles. The third kappa shape index (κ3) is 4.10. The van der Waals surface area contributed by atoms with Gasteiger partial charge in [0.25, 0.3) is 0 Å². The van der Waals surface area contributed by atoms with E-state index in [4.69, 9.17) is 5.73 Å². The number of hydrogen-bond acceptors (Lipinski definition) is 4. The zero-order valence-corrected chi connectivity index (χ0v) is 14.6. The van der Waals surface area contributed by atoms with Gasteiger partial charge in [-0.2, -0.15) is 0 Å². The lowest BCUT2D eigenvalue weighted by atomic mass is 10.0. The Morgan fingerprint density at radius 1 is 1.26 bits per heavy atom. The highest BCUT2D eigenvalue weighted by atomic mass is 32.2. The number of nitrogens with two attached hydrogens (primary N) is 1. The lowest BCUT2D eigenvalue weighted by molar-refractivity contribution is -0.125. The maximum Gasteiger partial charge on any atom is 0.242 e. The Morgan fingerprint density at radius 3 is 2.35 bits per heavy atom. The average Bonchev–Trinajstić information content (AvgIpc) is 2.94. The molecular formula is C16H25N3O3S. The molecule has 3 N–H and O–H groups in total. The maximum atomic E-state index is 12.2. The van der Waals surface area contributed by atoms with E-state index >= 15 is 0 Å². The number of rotatable bonds is 5. The highest BCUT2D eigenvalue weighted by Crippen LogP contribution is 2.25. The first-order valence-corrected chi connectivity index (χ1v) is 9.24. The van der Waals surface area contributed by atoms with Gasteiger partial charge >= 0.3 is 0 Å².